The average Bonchev–Trinajstić information content (AvgIpc) is 2.15. The summed E-state index contributed by atoms with van der Waals surface area (Å²) in [5, 5.41) is 3.02. The van der Waals surface area contributed by atoms with Crippen LogP contribution in [0.5, 0.6) is 0 Å². The predicted molar refractivity (Wildman–Crippen MR) is 65.8 cm³/mol. The molecular weight excluding hydrogens is 186 g/mol. The van der Waals surface area contributed by atoms with Gasteiger partial charge in [0.2, 0.25) is 5.91 Å². The first-order valence-corrected chi connectivity index (χ1v) is 6.17. The molecule has 0 aromatic rings. The Kier molecular flexibility index (Phi) is 6.62. The molecular formula is C13H27NO. The van der Waals surface area contributed by atoms with Gasteiger partial charge in [0.1, 0.15) is 0 Å². The molecule has 0 aromatic carbocycles. The molecule has 1 amide bonds. The van der Waals surface area contributed by atoms with E-state index in [1.165, 1.54) is 6.42 Å². The molecule has 0 saturated heterocycles. The molecule has 0 bridgehead atoms. The molecule has 90 valence electrons. The molecule has 0 aromatic heterocycles. The van der Waals surface area contributed by atoms with Crippen LogP contribution in [0.25, 0.3) is 0 Å². The fourth-order valence-corrected chi connectivity index (χ4v) is 1.15. The summed E-state index contributed by atoms with van der Waals surface area (Å²) in [4.78, 5) is 11.5. The summed E-state index contributed by atoms with van der Waals surface area (Å²) in [6.45, 7) is 11.7. The van der Waals surface area contributed by atoms with Crippen LogP contribution in [0, 0.1) is 11.3 Å². The maximum Gasteiger partial charge on any atom is 0.220 e. The van der Waals surface area contributed by atoms with Crippen LogP contribution in [0.2, 0.25) is 0 Å². The molecule has 15 heavy (non-hydrogen) atoms. The van der Waals surface area contributed by atoms with Crippen molar-refractivity contribution in [3.63, 3.8) is 0 Å². The SMILES string of the molecule is CCCCCC(=O)NCC(C)(C)C(C)C. The van der Waals surface area contributed by atoms with E-state index in [1.54, 1.807) is 0 Å². The van der Waals surface area contributed by atoms with Crippen LogP contribution in [-0.2, 0) is 4.79 Å². The molecule has 0 saturated carbocycles. The Hall–Kier alpha value is -0.530. The van der Waals surface area contributed by atoms with Gasteiger partial charge in [-0.2, -0.15) is 0 Å². The summed E-state index contributed by atoms with van der Waals surface area (Å²) in [7, 11) is 0. The van der Waals surface area contributed by atoms with Crippen LogP contribution in [0.3, 0.4) is 0 Å². The molecule has 0 rings (SSSR count). The molecule has 0 spiro atoms. The highest BCUT2D eigenvalue weighted by atomic mass is 16.1. The highest BCUT2D eigenvalue weighted by molar-refractivity contribution is 5.75. The lowest BCUT2D eigenvalue weighted by atomic mass is 9.81. The van der Waals surface area contributed by atoms with E-state index in [0.717, 1.165) is 19.4 Å². The third-order valence-electron chi connectivity index (χ3n) is 3.31. The van der Waals surface area contributed by atoms with Gasteiger partial charge in [-0.25, -0.2) is 0 Å². The maximum absolute atomic E-state index is 11.5. The Labute approximate surface area is 94.8 Å². The minimum Gasteiger partial charge on any atom is -0.356 e. The minimum atomic E-state index is 0.195. The molecule has 0 aliphatic carbocycles. The first-order chi connectivity index (χ1) is 6.90. The van der Waals surface area contributed by atoms with Gasteiger partial charge >= 0.3 is 0 Å². The highest BCUT2D eigenvalue weighted by Crippen LogP contribution is 2.24. The number of hydrogen-bond donors (Lipinski definition) is 1. The molecule has 2 nitrogen and oxygen atoms in total. The predicted octanol–water partition coefficient (Wildman–Crippen LogP) is 3.37. The van der Waals surface area contributed by atoms with Gasteiger partial charge in [-0.05, 0) is 17.8 Å². The van der Waals surface area contributed by atoms with Crippen LogP contribution in [0.1, 0.15) is 60.3 Å². The van der Waals surface area contributed by atoms with Gasteiger partial charge in [0.25, 0.3) is 0 Å². The van der Waals surface area contributed by atoms with Crippen LogP contribution in [0.4, 0.5) is 0 Å². The first-order valence-electron chi connectivity index (χ1n) is 6.17. The van der Waals surface area contributed by atoms with Crippen molar-refractivity contribution in [2.45, 2.75) is 60.3 Å². The monoisotopic (exact) mass is 213 g/mol. The Balaban J connectivity index is 3.71. The normalized spacial score (nSPS) is 11.9. The Morgan fingerprint density at radius 2 is 1.87 bits per heavy atom. The van der Waals surface area contributed by atoms with E-state index >= 15 is 0 Å². The fraction of sp³-hybridized carbons (Fsp3) is 0.923. The van der Waals surface area contributed by atoms with E-state index in [2.05, 4.69) is 39.9 Å². The van der Waals surface area contributed by atoms with E-state index in [9.17, 15) is 4.79 Å². The van der Waals surface area contributed by atoms with Crippen molar-refractivity contribution >= 4 is 5.91 Å². The second-order valence-electron chi connectivity index (χ2n) is 5.38. The highest BCUT2D eigenvalue weighted by Gasteiger charge is 2.22. The number of unbranched alkanes of at least 4 members (excludes halogenated alkanes) is 2. The topological polar surface area (TPSA) is 29.1 Å². The van der Waals surface area contributed by atoms with E-state index in [-0.39, 0.29) is 11.3 Å². The molecule has 0 aliphatic heterocycles. The van der Waals surface area contributed by atoms with Crippen molar-refractivity contribution in [3.8, 4) is 0 Å². The van der Waals surface area contributed by atoms with Crippen molar-refractivity contribution in [2.75, 3.05) is 6.54 Å². The second kappa shape index (κ2) is 6.86. The number of hydrogen-bond acceptors (Lipinski definition) is 1. The lowest BCUT2D eigenvalue weighted by Gasteiger charge is -2.29. The zero-order valence-electron chi connectivity index (χ0n) is 11.0. The molecule has 0 heterocycles. The van der Waals surface area contributed by atoms with Gasteiger partial charge in [-0.1, -0.05) is 47.5 Å². The summed E-state index contributed by atoms with van der Waals surface area (Å²) in [6.07, 6.45) is 4.03. The Morgan fingerprint density at radius 3 is 2.33 bits per heavy atom. The summed E-state index contributed by atoms with van der Waals surface area (Å²) in [5.41, 5.74) is 0.195. The molecule has 2 heteroatoms. The van der Waals surface area contributed by atoms with Crippen molar-refractivity contribution in [1.29, 1.82) is 0 Å². The lowest BCUT2D eigenvalue weighted by molar-refractivity contribution is -0.121. The minimum absolute atomic E-state index is 0.195. The molecule has 1 N–H and O–H groups in total. The van der Waals surface area contributed by atoms with E-state index in [1.807, 2.05) is 0 Å². The summed E-state index contributed by atoms with van der Waals surface area (Å²) in [5.74, 6) is 0.797. The van der Waals surface area contributed by atoms with Crippen molar-refractivity contribution in [2.24, 2.45) is 11.3 Å². The van der Waals surface area contributed by atoms with Gasteiger partial charge < -0.3 is 5.32 Å². The van der Waals surface area contributed by atoms with Crippen LogP contribution in [-0.4, -0.2) is 12.5 Å². The smallest absolute Gasteiger partial charge is 0.220 e. The molecule has 0 aliphatic rings. The largest absolute Gasteiger partial charge is 0.356 e. The molecule has 0 fully saturated rings. The molecule has 0 unspecified atom stereocenters. The zero-order valence-corrected chi connectivity index (χ0v) is 11.0. The standard InChI is InChI=1S/C13H27NO/c1-6-7-8-9-12(15)14-10-13(4,5)11(2)3/h11H,6-10H2,1-5H3,(H,14,15). The second-order valence-corrected chi connectivity index (χ2v) is 5.38. The quantitative estimate of drug-likeness (QED) is 0.645. The zero-order chi connectivity index (χ0) is 11.9. The van der Waals surface area contributed by atoms with E-state index < -0.39 is 0 Å². The maximum atomic E-state index is 11.5. The van der Waals surface area contributed by atoms with Crippen molar-refractivity contribution in [1.82, 2.24) is 5.32 Å². The van der Waals surface area contributed by atoms with E-state index in [0.29, 0.717) is 12.3 Å². The number of amides is 1. The van der Waals surface area contributed by atoms with Gasteiger partial charge in [0, 0.05) is 13.0 Å². The lowest BCUT2D eigenvalue weighted by Crippen LogP contribution is -2.36. The summed E-state index contributed by atoms with van der Waals surface area (Å²) >= 11 is 0. The first kappa shape index (κ1) is 14.5. The average molecular weight is 213 g/mol. The number of carbonyl (C=O) groups excluding carboxylic acids is 1. The number of carbonyl (C=O) groups is 1. The van der Waals surface area contributed by atoms with Gasteiger partial charge in [-0.15, -0.1) is 0 Å². The number of nitrogens with one attached hydrogen (secondary N) is 1. The summed E-state index contributed by atoms with van der Waals surface area (Å²) in [6, 6.07) is 0. The third kappa shape index (κ3) is 6.53. The van der Waals surface area contributed by atoms with Crippen LogP contribution < -0.4 is 5.32 Å². The third-order valence-corrected chi connectivity index (χ3v) is 3.31. The molecule has 0 atom stereocenters. The molecule has 0 radical (unpaired) electrons. The fourth-order valence-electron chi connectivity index (χ4n) is 1.15. The Morgan fingerprint density at radius 1 is 1.27 bits per heavy atom. The van der Waals surface area contributed by atoms with Gasteiger partial charge in [-0.3, -0.25) is 4.79 Å². The van der Waals surface area contributed by atoms with Crippen molar-refractivity contribution in [3.05, 3.63) is 0 Å². The van der Waals surface area contributed by atoms with Gasteiger partial charge in [0.05, 0.1) is 0 Å². The van der Waals surface area contributed by atoms with Crippen LogP contribution >= 0.6 is 0 Å². The van der Waals surface area contributed by atoms with Crippen LogP contribution in [0.15, 0.2) is 0 Å². The summed E-state index contributed by atoms with van der Waals surface area (Å²) < 4.78 is 0. The van der Waals surface area contributed by atoms with Crippen molar-refractivity contribution < 1.29 is 4.79 Å². The van der Waals surface area contributed by atoms with E-state index in [4.69, 9.17) is 0 Å². The number of rotatable bonds is 7. The Bertz CT molecular complexity index is 185. The van der Waals surface area contributed by atoms with Gasteiger partial charge in [0.15, 0.2) is 0 Å².